The summed E-state index contributed by atoms with van der Waals surface area (Å²) in [6, 6.07) is 26.3. The molecule has 0 aliphatic carbocycles. The minimum Gasteiger partial charge on any atom is -0.469 e. The molecule has 1 saturated heterocycles. The molecule has 174 valence electrons. The monoisotopic (exact) mass is 454 g/mol. The van der Waals surface area contributed by atoms with E-state index >= 15 is 0 Å². The van der Waals surface area contributed by atoms with Crippen molar-refractivity contribution in [2.45, 2.75) is 19.4 Å². The molecule has 1 aliphatic heterocycles. The van der Waals surface area contributed by atoms with Gasteiger partial charge in [-0.3, -0.25) is 9.69 Å². The van der Waals surface area contributed by atoms with E-state index in [1.807, 2.05) is 48.5 Å². The number of benzene rings is 2. The molecule has 2 aromatic heterocycles. The molecule has 6 nitrogen and oxygen atoms in total. The summed E-state index contributed by atoms with van der Waals surface area (Å²) in [5, 5.41) is 4.71. The number of para-hydroxylation sites is 1. The largest absolute Gasteiger partial charge is 0.469 e. The normalized spacial score (nSPS) is 14.4. The van der Waals surface area contributed by atoms with Crippen LogP contribution >= 0.6 is 0 Å². The zero-order valence-electron chi connectivity index (χ0n) is 19.3. The van der Waals surface area contributed by atoms with Crippen molar-refractivity contribution in [2.24, 2.45) is 0 Å². The smallest absolute Gasteiger partial charge is 0.270 e. The molecule has 0 radical (unpaired) electrons. The van der Waals surface area contributed by atoms with Gasteiger partial charge in [-0.1, -0.05) is 48.5 Å². The maximum Gasteiger partial charge on any atom is 0.270 e. The highest BCUT2D eigenvalue weighted by Gasteiger charge is 2.17. The average Bonchev–Trinajstić information content (AvgIpc) is 3.41. The number of furan rings is 1. The quantitative estimate of drug-likeness (QED) is 0.397. The maximum absolute atomic E-state index is 13.2. The third-order valence-electron chi connectivity index (χ3n) is 6.40. The Kier molecular flexibility index (Phi) is 6.86. The highest BCUT2D eigenvalue weighted by atomic mass is 16.3. The van der Waals surface area contributed by atoms with Gasteiger partial charge < -0.3 is 9.32 Å². The van der Waals surface area contributed by atoms with E-state index in [2.05, 4.69) is 40.1 Å². The zero-order valence-corrected chi connectivity index (χ0v) is 19.3. The molecule has 1 aliphatic rings. The van der Waals surface area contributed by atoms with E-state index < -0.39 is 0 Å². The predicted molar refractivity (Wildman–Crippen MR) is 135 cm³/mol. The molecule has 0 spiro atoms. The van der Waals surface area contributed by atoms with Gasteiger partial charge >= 0.3 is 0 Å². The fourth-order valence-electron chi connectivity index (χ4n) is 4.54. The molecule has 0 N–H and O–H groups in total. The number of aryl methyl sites for hydroxylation is 1. The lowest BCUT2D eigenvalue weighted by molar-refractivity contribution is 0.248. The number of rotatable bonds is 8. The lowest BCUT2D eigenvalue weighted by Gasteiger charge is -2.36. The SMILES string of the molecule is O=c1c(Cc2ccco2)cc(-c2ccccc2)nn1CCCN1CCN(c2ccccc2)CC1. The lowest BCUT2D eigenvalue weighted by atomic mass is 10.1. The molecule has 0 amide bonds. The van der Waals surface area contributed by atoms with E-state index in [9.17, 15) is 4.79 Å². The molecule has 4 aromatic rings. The fourth-order valence-corrected chi connectivity index (χ4v) is 4.54. The molecule has 34 heavy (non-hydrogen) atoms. The van der Waals surface area contributed by atoms with Crippen LogP contribution in [0.2, 0.25) is 0 Å². The van der Waals surface area contributed by atoms with Crippen LogP contribution < -0.4 is 10.5 Å². The molecular formula is C28H30N4O2. The second kappa shape index (κ2) is 10.5. The Morgan fingerprint density at radius 1 is 0.824 bits per heavy atom. The van der Waals surface area contributed by atoms with Crippen molar-refractivity contribution in [3.63, 3.8) is 0 Å². The number of anilines is 1. The van der Waals surface area contributed by atoms with Gasteiger partial charge in [0.2, 0.25) is 0 Å². The molecule has 3 heterocycles. The Labute approximate surface area is 200 Å². The van der Waals surface area contributed by atoms with Crippen molar-refractivity contribution >= 4 is 5.69 Å². The second-order valence-electron chi connectivity index (χ2n) is 8.72. The van der Waals surface area contributed by atoms with Crippen molar-refractivity contribution in [3.05, 3.63) is 107 Å². The summed E-state index contributed by atoms with van der Waals surface area (Å²) in [6.07, 6.45) is 3.00. The van der Waals surface area contributed by atoms with Crippen LogP contribution in [0, 0.1) is 0 Å². The van der Waals surface area contributed by atoms with Crippen LogP contribution in [0.15, 0.2) is 94.3 Å². The van der Waals surface area contributed by atoms with Gasteiger partial charge in [0.05, 0.1) is 12.0 Å². The van der Waals surface area contributed by atoms with Crippen LogP contribution in [0.5, 0.6) is 0 Å². The summed E-state index contributed by atoms with van der Waals surface area (Å²) in [7, 11) is 0. The van der Waals surface area contributed by atoms with E-state index in [4.69, 9.17) is 9.52 Å². The number of aromatic nitrogens is 2. The van der Waals surface area contributed by atoms with Crippen molar-refractivity contribution in [1.82, 2.24) is 14.7 Å². The Hall–Kier alpha value is -3.64. The molecule has 1 fully saturated rings. The Morgan fingerprint density at radius 2 is 1.56 bits per heavy atom. The molecule has 5 rings (SSSR count). The molecule has 0 unspecified atom stereocenters. The second-order valence-corrected chi connectivity index (χ2v) is 8.72. The third kappa shape index (κ3) is 5.29. The average molecular weight is 455 g/mol. The molecule has 0 atom stereocenters. The van der Waals surface area contributed by atoms with Gasteiger partial charge in [0.25, 0.3) is 5.56 Å². The predicted octanol–water partition coefficient (Wildman–Crippen LogP) is 4.31. The van der Waals surface area contributed by atoms with Crippen molar-refractivity contribution in [2.75, 3.05) is 37.6 Å². The van der Waals surface area contributed by atoms with Crippen LogP contribution in [0.1, 0.15) is 17.7 Å². The first kappa shape index (κ1) is 22.2. The number of hydrogen-bond acceptors (Lipinski definition) is 5. The highest BCUT2D eigenvalue weighted by molar-refractivity contribution is 5.59. The van der Waals surface area contributed by atoms with Crippen LogP contribution in [0.25, 0.3) is 11.3 Å². The van der Waals surface area contributed by atoms with Gasteiger partial charge in [-0.25, -0.2) is 4.68 Å². The lowest BCUT2D eigenvalue weighted by Crippen LogP contribution is -2.46. The first-order valence-electron chi connectivity index (χ1n) is 12.0. The van der Waals surface area contributed by atoms with E-state index in [0.717, 1.165) is 56.2 Å². The topological polar surface area (TPSA) is 54.5 Å². The Bertz CT molecular complexity index is 1230. The van der Waals surface area contributed by atoms with Crippen LogP contribution in [-0.2, 0) is 13.0 Å². The Morgan fingerprint density at radius 3 is 2.26 bits per heavy atom. The standard InChI is InChI=1S/C28H30N4O2/c33-28-24(21-26-13-7-20-34-26)22-27(23-9-3-1-4-10-23)29-32(28)15-8-14-30-16-18-31(19-17-30)25-11-5-2-6-12-25/h1-7,9-13,20,22H,8,14-19,21H2. The van der Waals surface area contributed by atoms with Crippen LogP contribution in [0.3, 0.4) is 0 Å². The fraction of sp³-hybridized carbons (Fsp3) is 0.286. The van der Waals surface area contributed by atoms with E-state index in [0.29, 0.717) is 18.5 Å². The van der Waals surface area contributed by atoms with Gasteiger partial charge in [0.15, 0.2) is 0 Å². The van der Waals surface area contributed by atoms with Crippen molar-refractivity contribution < 1.29 is 4.42 Å². The van der Waals surface area contributed by atoms with Gasteiger partial charge in [-0.2, -0.15) is 5.10 Å². The van der Waals surface area contributed by atoms with Crippen molar-refractivity contribution in [3.8, 4) is 11.3 Å². The van der Waals surface area contributed by atoms with E-state index in [1.165, 1.54) is 5.69 Å². The van der Waals surface area contributed by atoms with E-state index in [1.54, 1.807) is 10.9 Å². The summed E-state index contributed by atoms with van der Waals surface area (Å²) in [6.45, 7) is 5.68. The van der Waals surface area contributed by atoms with Gasteiger partial charge in [0.1, 0.15) is 5.76 Å². The third-order valence-corrected chi connectivity index (χ3v) is 6.40. The van der Waals surface area contributed by atoms with Gasteiger partial charge in [0, 0.05) is 62.5 Å². The molecule has 6 heteroatoms. The minimum atomic E-state index is -0.0371. The van der Waals surface area contributed by atoms with E-state index in [-0.39, 0.29) is 5.56 Å². The van der Waals surface area contributed by atoms with Crippen LogP contribution in [0.4, 0.5) is 5.69 Å². The summed E-state index contributed by atoms with van der Waals surface area (Å²) < 4.78 is 7.14. The first-order valence-corrected chi connectivity index (χ1v) is 12.0. The summed E-state index contributed by atoms with van der Waals surface area (Å²) in [5.41, 5.74) is 3.79. The summed E-state index contributed by atoms with van der Waals surface area (Å²) in [5.74, 6) is 0.783. The Balaban J connectivity index is 1.25. The number of hydrogen-bond donors (Lipinski definition) is 0. The summed E-state index contributed by atoms with van der Waals surface area (Å²) >= 11 is 0. The molecular weight excluding hydrogens is 424 g/mol. The highest BCUT2D eigenvalue weighted by Crippen LogP contribution is 2.18. The first-order chi connectivity index (χ1) is 16.8. The maximum atomic E-state index is 13.2. The number of nitrogens with zero attached hydrogens (tertiary/aromatic N) is 4. The zero-order chi connectivity index (χ0) is 23.2. The molecule has 0 bridgehead atoms. The summed E-state index contributed by atoms with van der Waals surface area (Å²) in [4.78, 5) is 18.1. The molecule has 0 saturated carbocycles. The molecule has 2 aromatic carbocycles. The van der Waals surface area contributed by atoms with Crippen molar-refractivity contribution in [1.29, 1.82) is 0 Å². The number of piperazine rings is 1. The van der Waals surface area contributed by atoms with Gasteiger partial charge in [-0.05, 0) is 36.8 Å². The van der Waals surface area contributed by atoms with Crippen LogP contribution in [-0.4, -0.2) is 47.4 Å². The minimum absolute atomic E-state index is 0.0371. The van der Waals surface area contributed by atoms with Gasteiger partial charge in [-0.15, -0.1) is 0 Å².